The molecule has 208 valence electrons. The van der Waals surface area contributed by atoms with Crippen molar-refractivity contribution in [3.05, 3.63) is 101 Å². The number of nitrogens with two attached hydrogens (primary N) is 1. The molecule has 0 atom stereocenters. The van der Waals surface area contributed by atoms with Gasteiger partial charge in [-0.25, -0.2) is 8.42 Å². The quantitative estimate of drug-likeness (QED) is 0.194. The van der Waals surface area contributed by atoms with E-state index in [-0.39, 0.29) is 29.2 Å². The number of hydrogen-bond acceptors (Lipinski definition) is 4. The molecule has 0 unspecified atom stereocenters. The number of rotatable bonds is 7. The lowest BCUT2D eigenvalue weighted by Crippen LogP contribution is -2.37. The Bertz CT molecular complexity index is 1840. The van der Waals surface area contributed by atoms with Gasteiger partial charge in [0.15, 0.2) is 0 Å². The highest BCUT2D eigenvalue weighted by Crippen LogP contribution is 2.31. The number of carbonyl (C=O) groups excluding carboxylic acids is 1. The molecule has 2 aliphatic rings. The third kappa shape index (κ3) is 5.25. The molecule has 4 N–H and O–H groups in total. The Balaban J connectivity index is 1.49. The molecule has 3 aromatic carbocycles. The molecular weight excluding hydrogens is 532 g/mol. The second kappa shape index (κ2) is 10.9. The van der Waals surface area contributed by atoms with Crippen molar-refractivity contribution >= 4 is 43.3 Å². The number of nitrogen functional groups attached to an aromatic ring is 1. The predicted molar refractivity (Wildman–Crippen MR) is 162 cm³/mol. The van der Waals surface area contributed by atoms with Gasteiger partial charge in [-0.1, -0.05) is 55.7 Å². The lowest BCUT2D eigenvalue weighted by molar-refractivity contribution is 0.0919. The Kier molecular flexibility index (Phi) is 7.14. The van der Waals surface area contributed by atoms with Crippen LogP contribution in [0.3, 0.4) is 0 Å². The molecule has 0 spiro atoms. The van der Waals surface area contributed by atoms with Crippen molar-refractivity contribution in [1.82, 2.24) is 9.88 Å². The largest absolute Gasteiger partial charge is 0.384 e. The third-order valence-corrected chi connectivity index (χ3v) is 9.88. The van der Waals surface area contributed by atoms with Crippen LogP contribution in [0.2, 0.25) is 0 Å². The minimum atomic E-state index is -3.74. The molecule has 1 fully saturated rings. The second-order valence-electron chi connectivity index (χ2n) is 10.9. The van der Waals surface area contributed by atoms with Crippen LogP contribution in [-0.4, -0.2) is 30.8 Å². The van der Waals surface area contributed by atoms with Crippen LogP contribution in [0.5, 0.6) is 0 Å². The number of nitrogens with zero attached hydrogens (tertiary/aromatic N) is 1. The molecular formula is C33H32N4O3S. The van der Waals surface area contributed by atoms with Gasteiger partial charge in [-0.3, -0.25) is 10.2 Å². The molecule has 6 rings (SSSR count). The monoisotopic (exact) mass is 564 g/mol. The second-order valence-corrected chi connectivity index (χ2v) is 12.8. The smallest absolute Gasteiger partial charge is 0.268 e. The van der Waals surface area contributed by atoms with Crippen LogP contribution in [0.1, 0.15) is 66.6 Å². The molecule has 0 bridgehead atoms. The molecule has 0 aliphatic heterocycles. The minimum Gasteiger partial charge on any atom is -0.384 e. The average molecular weight is 565 g/mol. The summed E-state index contributed by atoms with van der Waals surface area (Å²) in [4.78, 5) is 14.2. The molecule has 8 heteroatoms. The van der Waals surface area contributed by atoms with Crippen LogP contribution < -0.4 is 11.1 Å². The van der Waals surface area contributed by atoms with Crippen LogP contribution in [0, 0.1) is 17.5 Å². The first-order valence-electron chi connectivity index (χ1n) is 14.1. The number of aromatic nitrogens is 1. The number of fused-ring (bicyclic) bond motifs is 2. The molecule has 41 heavy (non-hydrogen) atoms. The summed E-state index contributed by atoms with van der Waals surface area (Å²) in [6.07, 6.45) is 12.1. The van der Waals surface area contributed by atoms with Crippen molar-refractivity contribution in [2.24, 2.45) is 5.73 Å². The number of benzene rings is 2. The number of amidine groups is 1. The Labute approximate surface area is 240 Å². The highest BCUT2D eigenvalue weighted by atomic mass is 32.2. The minimum absolute atomic E-state index is 0.0645. The van der Waals surface area contributed by atoms with Crippen molar-refractivity contribution in [2.75, 3.05) is 0 Å². The van der Waals surface area contributed by atoms with E-state index < -0.39 is 9.84 Å². The molecule has 4 aromatic rings. The van der Waals surface area contributed by atoms with E-state index in [0.717, 1.165) is 59.3 Å². The fourth-order valence-corrected chi connectivity index (χ4v) is 7.37. The lowest BCUT2D eigenvalue weighted by atomic mass is 9.95. The summed E-state index contributed by atoms with van der Waals surface area (Å²) in [6.45, 7) is 0.241. The Morgan fingerprint density at radius 2 is 1.83 bits per heavy atom. The summed E-state index contributed by atoms with van der Waals surface area (Å²) in [7, 11) is -3.74. The Hall–Kier alpha value is -4.35. The highest BCUT2D eigenvalue weighted by Gasteiger charge is 2.24. The summed E-state index contributed by atoms with van der Waals surface area (Å²) >= 11 is 0. The topological polar surface area (TPSA) is 118 Å². The number of allylic oxidation sites excluding steroid dienone is 3. The Morgan fingerprint density at radius 1 is 1.02 bits per heavy atom. The molecule has 1 saturated carbocycles. The zero-order valence-corrected chi connectivity index (χ0v) is 23.6. The standard InChI is InChI=1S/C33H32N4O3S/c34-32(35)24-16-15-23-19-31(33(38)36-26-10-3-1-4-11-26)37(30(23)20-24)21-25-18-28(17-22-9-7-8-14-29(22)25)41(39,40)27-12-5-2-6-13-27/h5,9,12-20,26H,1-4,6,10-11,21H2,(H3,34,35)(H,36,38). The number of hydrogen-bond donors (Lipinski definition) is 3. The zero-order chi connectivity index (χ0) is 28.6. The van der Waals surface area contributed by atoms with Crippen LogP contribution >= 0.6 is 0 Å². The molecule has 1 heterocycles. The van der Waals surface area contributed by atoms with E-state index in [2.05, 4.69) is 17.4 Å². The van der Waals surface area contributed by atoms with Gasteiger partial charge in [0.2, 0.25) is 9.84 Å². The van der Waals surface area contributed by atoms with E-state index >= 15 is 0 Å². The Morgan fingerprint density at radius 3 is 2.59 bits per heavy atom. The van der Waals surface area contributed by atoms with Crippen molar-refractivity contribution in [2.45, 2.75) is 62.4 Å². The van der Waals surface area contributed by atoms with Gasteiger partial charge in [-0.05, 0) is 84.5 Å². The molecule has 0 radical (unpaired) electrons. The van der Waals surface area contributed by atoms with Crippen LogP contribution in [0.25, 0.3) is 21.7 Å². The van der Waals surface area contributed by atoms with Gasteiger partial charge in [0.05, 0.1) is 9.80 Å². The van der Waals surface area contributed by atoms with Gasteiger partial charge >= 0.3 is 0 Å². The molecule has 1 amide bonds. The van der Waals surface area contributed by atoms with E-state index in [1.54, 1.807) is 42.5 Å². The normalized spacial score (nSPS) is 16.0. The van der Waals surface area contributed by atoms with Crippen molar-refractivity contribution in [3.63, 3.8) is 0 Å². The van der Waals surface area contributed by atoms with Crippen LogP contribution in [0.4, 0.5) is 0 Å². The first-order chi connectivity index (χ1) is 19.8. The third-order valence-electron chi connectivity index (χ3n) is 8.10. The SMILES string of the molecule is N=C(N)c1ccc2cc(C(=O)NC3CCCCC3)n(Cc3cc(S(=O)(=O)C4=CCCC=C4)cc4cc#ccc34)c2c1. The van der Waals surface area contributed by atoms with Crippen LogP contribution in [0.15, 0.2) is 76.6 Å². The number of carbonyl (C=O) groups is 1. The predicted octanol–water partition coefficient (Wildman–Crippen LogP) is 5.80. The summed E-state index contributed by atoms with van der Waals surface area (Å²) < 4.78 is 29.2. The van der Waals surface area contributed by atoms with E-state index in [9.17, 15) is 13.2 Å². The summed E-state index contributed by atoms with van der Waals surface area (Å²) in [5.41, 5.74) is 8.34. The lowest BCUT2D eigenvalue weighted by Gasteiger charge is -2.23. The molecule has 7 nitrogen and oxygen atoms in total. The summed E-state index contributed by atoms with van der Waals surface area (Å²) in [5.74, 6) is -0.228. The highest BCUT2D eigenvalue weighted by molar-refractivity contribution is 7.95. The maximum absolute atomic E-state index is 13.7. The van der Waals surface area contributed by atoms with Gasteiger partial charge in [-0.15, -0.1) is 0 Å². The molecule has 0 saturated heterocycles. The van der Waals surface area contributed by atoms with Crippen LogP contribution in [-0.2, 0) is 16.4 Å². The average Bonchev–Trinajstić information content (AvgIpc) is 3.35. The van der Waals surface area contributed by atoms with Gasteiger partial charge in [0.25, 0.3) is 5.91 Å². The zero-order valence-electron chi connectivity index (χ0n) is 22.7. The van der Waals surface area contributed by atoms with Crippen molar-refractivity contribution < 1.29 is 13.2 Å². The van der Waals surface area contributed by atoms with E-state index in [1.165, 1.54) is 6.42 Å². The maximum Gasteiger partial charge on any atom is 0.268 e. The molecule has 2 aliphatic carbocycles. The number of nitrogens with one attached hydrogen (secondary N) is 2. The number of amides is 1. The van der Waals surface area contributed by atoms with Gasteiger partial charge in [0.1, 0.15) is 11.5 Å². The fourth-order valence-electron chi connectivity index (χ4n) is 5.90. The van der Waals surface area contributed by atoms with E-state index in [4.69, 9.17) is 11.1 Å². The van der Waals surface area contributed by atoms with Gasteiger partial charge in [0, 0.05) is 29.1 Å². The van der Waals surface area contributed by atoms with E-state index in [0.29, 0.717) is 22.6 Å². The number of sulfone groups is 1. The first kappa shape index (κ1) is 26.9. The van der Waals surface area contributed by atoms with Gasteiger partial charge in [-0.2, -0.15) is 0 Å². The molecule has 1 aromatic heterocycles. The van der Waals surface area contributed by atoms with Crippen molar-refractivity contribution in [3.8, 4) is 0 Å². The van der Waals surface area contributed by atoms with Gasteiger partial charge < -0.3 is 15.6 Å². The van der Waals surface area contributed by atoms with E-state index in [1.807, 2.05) is 28.8 Å². The fraction of sp³-hybridized carbons (Fsp3) is 0.273. The summed E-state index contributed by atoms with van der Waals surface area (Å²) in [5, 5.41) is 13.6. The maximum atomic E-state index is 13.7. The first-order valence-corrected chi connectivity index (χ1v) is 15.5. The summed E-state index contributed by atoms with van der Waals surface area (Å²) in [6, 6.07) is 20.3. The van der Waals surface area contributed by atoms with Crippen molar-refractivity contribution in [1.29, 1.82) is 5.41 Å².